The Morgan fingerprint density at radius 2 is 2.06 bits per heavy atom. The number of carbonyl (C=O) groups excluding carboxylic acids is 1. The van der Waals surface area contributed by atoms with E-state index in [0.29, 0.717) is 0 Å². The van der Waals surface area contributed by atoms with Crippen LogP contribution in [0.2, 0.25) is 0 Å². The number of fused-ring (bicyclic) bond motifs is 2. The molecule has 0 spiro atoms. The van der Waals surface area contributed by atoms with Crippen molar-refractivity contribution < 1.29 is 19.1 Å². The van der Waals surface area contributed by atoms with E-state index in [1.54, 1.807) is 0 Å². The Kier molecular flexibility index (Phi) is 2.24. The molecule has 0 saturated heterocycles. The topological polar surface area (TPSA) is 57.1 Å². The third-order valence-electron chi connectivity index (χ3n) is 2.82. The molecule has 1 aliphatic heterocycles. The number of hydrogen-bond acceptors (Lipinski definition) is 5. The first kappa shape index (κ1) is 10.1. The van der Waals surface area contributed by atoms with Crippen molar-refractivity contribution in [3.63, 3.8) is 0 Å². The summed E-state index contributed by atoms with van der Waals surface area (Å²) in [7, 11) is 0. The minimum absolute atomic E-state index is 0.259. The average molecular weight is 233 g/mol. The Labute approximate surface area is 98.0 Å². The molecule has 5 heteroatoms. The highest BCUT2D eigenvalue weighted by Gasteiger charge is 2.24. The van der Waals surface area contributed by atoms with Gasteiger partial charge in [0.15, 0.2) is 11.5 Å². The highest BCUT2D eigenvalue weighted by atomic mass is 16.7. The van der Waals surface area contributed by atoms with Gasteiger partial charge in [-0.05, 0) is 30.5 Å². The van der Waals surface area contributed by atoms with Crippen molar-refractivity contribution in [2.24, 2.45) is 5.16 Å². The first-order chi connectivity index (χ1) is 8.24. The molecule has 0 aromatic heterocycles. The molecular formula is C12H11NO4. The number of benzene rings is 1. The lowest BCUT2D eigenvalue weighted by Crippen LogP contribution is -1.99. The van der Waals surface area contributed by atoms with Crippen LogP contribution in [-0.2, 0) is 16.1 Å². The summed E-state index contributed by atoms with van der Waals surface area (Å²) < 4.78 is 10.6. The van der Waals surface area contributed by atoms with Crippen LogP contribution < -0.4 is 9.47 Å². The van der Waals surface area contributed by atoms with Crippen molar-refractivity contribution in [1.82, 2.24) is 0 Å². The number of rotatable bonds is 1. The Hall–Kier alpha value is -2.04. The van der Waals surface area contributed by atoms with Crippen molar-refractivity contribution in [1.29, 1.82) is 0 Å². The number of hydrogen-bond donors (Lipinski definition) is 0. The second-order valence-corrected chi connectivity index (χ2v) is 3.98. The second-order valence-electron chi connectivity index (χ2n) is 3.98. The molecule has 0 amide bonds. The molecule has 0 unspecified atom stereocenters. The minimum Gasteiger partial charge on any atom is -0.454 e. The third kappa shape index (κ3) is 1.73. The molecule has 5 nitrogen and oxygen atoms in total. The lowest BCUT2D eigenvalue weighted by molar-refractivity contribution is -0.140. The summed E-state index contributed by atoms with van der Waals surface area (Å²) in [6.45, 7) is 1.59. The van der Waals surface area contributed by atoms with E-state index in [4.69, 9.17) is 9.47 Å². The maximum atomic E-state index is 10.7. The first-order valence-electron chi connectivity index (χ1n) is 5.41. The van der Waals surface area contributed by atoms with Gasteiger partial charge in [0, 0.05) is 12.5 Å². The molecule has 0 radical (unpaired) electrons. The molecule has 88 valence electrons. The average Bonchev–Trinajstić information content (AvgIpc) is 2.88. The largest absolute Gasteiger partial charge is 0.454 e. The minimum atomic E-state index is -0.410. The Balaban J connectivity index is 1.97. The van der Waals surface area contributed by atoms with Gasteiger partial charge in [0.2, 0.25) is 6.79 Å². The van der Waals surface area contributed by atoms with Gasteiger partial charge in [0.05, 0.1) is 5.71 Å². The predicted molar refractivity (Wildman–Crippen MR) is 59.2 cm³/mol. The lowest BCUT2D eigenvalue weighted by Gasteiger charge is -2.02. The van der Waals surface area contributed by atoms with Crippen LogP contribution in [0.25, 0.3) is 0 Å². The third-order valence-corrected chi connectivity index (χ3v) is 2.82. The van der Waals surface area contributed by atoms with Crippen LogP contribution in [0.3, 0.4) is 0 Å². The summed E-state index contributed by atoms with van der Waals surface area (Å²) in [5, 5.41) is 3.86. The lowest BCUT2D eigenvalue weighted by atomic mass is 10.1. The van der Waals surface area contributed by atoms with E-state index in [9.17, 15) is 4.79 Å². The fraction of sp³-hybridized carbons (Fsp3) is 0.333. The van der Waals surface area contributed by atoms with E-state index in [0.717, 1.165) is 41.2 Å². The van der Waals surface area contributed by atoms with Gasteiger partial charge in [-0.3, -0.25) is 0 Å². The number of carbonyl (C=O) groups is 1. The van der Waals surface area contributed by atoms with E-state index in [2.05, 4.69) is 9.99 Å². The molecule has 0 atom stereocenters. The maximum absolute atomic E-state index is 10.7. The summed E-state index contributed by atoms with van der Waals surface area (Å²) in [5.41, 5.74) is 2.92. The van der Waals surface area contributed by atoms with Crippen LogP contribution in [-0.4, -0.2) is 18.5 Å². The van der Waals surface area contributed by atoms with Crippen molar-refractivity contribution >= 4 is 11.7 Å². The molecule has 0 fully saturated rings. The zero-order chi connectivity index (χ0) is 11.8. The standard InChI is InChI=1S/C12H11NO4/c1-7(14)17-13-10-3-2-8-4-11-12(5-9(8)10)16-6-15-11/h4-5H,2-3,6H2,1H3/b13-10+. The normalized spacial score (nSPS) is 18.3. The fourth-order valence-corrected chi connectivity index (χ4v) is 2.06. The van der Waals surface area contributed by atoms with Crippen LogP contribution in [0.4, 0.5) is 0 Å². The molecular weight excluding hydrogens is 222 g/mol. The van der Waals surface area contributed by atoms with Crippen molar-refractivity contribution in [2.75, 3.05) is 6.79 Å². The van der Waals surface area contributed by atoms with Gasteiger partial charge in [-0.25, -0.2) is 4.79 Å². The second kappa shape index (κ2) is 3.76. The maximum Gasteiger partial charge on any atom is 0.331 e. The van der Waals surface area contributed by atoms with Gasteiger partial charge in [0.25, 0.3) is 0 Å². The number of nitrogens with zero attached hydrogens (tertiary/aromatic N) is 1. The monoisotopic (exact) mass is 233 g/mol. The van der Waals surface area contributed by atoms with E-state index >= 15 is 0 Å². The molecule has 1 heterocycles. The van der Waals surface area contributed by atoms with Gasteiger partial charge in [-0.15, -0.1) is 0 Å². The number of ether oxygens (including phenoxy) is 2. The summed E-state index contributed by atoms with van der Waals surface area (Å²) in [6, 6.07) is 3.86. The molecule has 0 saturated carbocycles. The van der Waals surface area contributed by atoms with Gasteiger partial charge in [0.1, 0.15) is 0 Å². The Bertz CT molecular complexity index is 521. The molecule has 3 rings (SSSR count). The van der Waals surface area contributed by atoms with Gasteiger partial charge >= 0.3 is 5.97 Å². The molecule has 1 aliphatic carbocycles. The Morgan fingerprint density at radius 1 is 1.29 bits per heavy atom. The van der Waals surface area contributed by atoms with Gasteiger partial charge in [-0.2, -0.15) is 0 Å². The quantitative estimate of drug-likeness (QED) is 0.546. The molecule has 0 N–H and O–H groups in total. The molecule has 1 aromatic rings. The van der Waals surface area contributed by atoms with E-state index < -0.39 is 5.97 Å². The fourth-order valence-electron chi connectivity index (χ4n) is 2.06. The Morgan fingerprint density at radius 3 is 2.82 bits per heavy atom. The van der Waals surface area contributed by atoms with Crippen LogP contribution in [0.15, 0.2) is 17.3 Å². The van der Waals surface area contributed by atoms with Crippen LogP contribution >= 0.6 is 0 Å². The summed E-state index contributed by atoms with van der Waals surface area (Å²) in [6.07, 6.45) is 1.65. The zero-order valence-corrected chi connectivity index (χ0v) is 9.36. The summed E-state index contributed by atoms with van der Waals surface area (Å²) in [4.78, 5) is 15.4. The van der Waals surface area contributed by atoms with Crippen molar-refractivity contribution in [2.45, 2.75) is 19.8 Å². The van der Waals surface area contributed by atoms with Crippen molar-refractivity contribution in [3.8, 4) is 11.5 Å². The van der Waals surface area contributed by atoms with Gasteiger partial charge in [-0.1, -0.05) is 5.16 Å². The summed E-state index contributed by atoms with van der Waals surface area (Å²) in [5.74, 6) is 1.09. The highest BCUT2D eigenvalue weighted by Crippen LogP contribution is 2.38. The number of oxime groups is 1. The molecule has 1 aromatic carbocycles. The van der Waals surface area contributed by atoms with Crippen molar-refractivity contribution in [3.05, 3.63) is 23.3 Å². The first-order valence-corrected chi connectivity index (χ1v) is 5.41. The molecule has 2 aliphatic rings. The molecule has 17 heavy (non-hydrogen) atoms. The molecule has 0 bridgehead atoms. The van der Waals surface area contributed by atoms with Gasteiger partial charge < -0.3 is 14.3 Å². The number of aryl methyl sites for hydroxylation is 1. The van der Waals surface area contributed by atoms with Crippen LogP contribution in [0.5, 0.6) is 11.5 Å². The SMILES string of the molecule is CC(=O)O/N=C1\CCc2cc3c(cc21)OCO3. The van der Waals surface area contributed by atoms with E-state index in [1.807, 2.05) is 12.1 Å². The smallest absolute Gasteiger partial charge is 0.331 e. The highest BCUT2D eigenvalue weighted by molar-refractivity contribution is 6.05. The van der Waals surface area contributed by atoms with E-state index in [1.165, 1.54) is 6.92 Å². The summed E-state index contributed by atoms with van der Waals surface area (Å²) >= 11 is 0. The van der Waals surface area contributed by atoms with Crippen LogP contribution in [0.1, 0.15) is 24.5 Å². The van der Waals surface area contributed by atoms with Crippen LogP contribution in [0, 0.1) is 0 Å². The predicted octanol–water partition coefficient (Wildman–Crippen LogP) is 1.63. The van der Waals surface area contributed by atoms with E-state index in [-0.39, 0.29) is 6.79 Å². The zero-order valence-electron chi connectivity index (χ0n) is 9.36.